The summed E-state index contributed by atoms with van der Waals surface area (Å²) in [5.74, 6) is -1.67. The summed E-state index contributed by atoms with van der Waals surface area (Å²) in [4.78, 5) is 56.0. The average molecular weight is 464 g/mol. The molecular weight excluding hydrogens is 442 g/mol. The largest absolute Gasteiger partial charge is 0.456 e. The quantitative estimate of drug-likeness (QED) is 0.419. The summed E-state index contributed by atoms with van der Waals surface area (Å²) in [6, 6.07) is 10.0. The third-order valence-electron chi connectivity index (χ3n) is 5.47. The molecule has 0 saturated carbocycles. The number of ether oxygens (including phenoxy) is 1. The van der Waals surface area contributed by atoms with Gasteiger partial charge < -0.3 is 4.74 Å². The number of carbonyl (C=O) groups is 4. The molecule has 0 spiro atoms. The predicted octanol–water partition coefficient (Wildman–Crippen LogP) is 4.03. The van der Waals surface area contributed by atoms with Crippen molar-refractivity contribution < 1.29 is 23.9 Å². The first-order valence-corrected chi connectivity index (χ1v) is 11.0. The van der Waals surface area contributed by atoms with E-state index in [0.29, 0.717) is 16.5 Å². The molecule has 3 aromatic rings. The van der Waals surface area contributed by atoms with Gasteiger partial charge in [0, 0.05) is 19.4 Å². The minimum absolute atomic E-state index is 0.0993. The summed E-state index contributed by atoms with van der Waals surface area (Å²) in [5, 5.41) is 2.20. The molecule has 0 bridgehead atoms. The Morgan fingerprint density at radius 2 is 1.76 bits per heavy atom. The highest BCUT2D eigenvalue weighted by molar-refractivity contribution is 7.14. The van der Waals surface area contributed by atoms with E-state index in [-0.39, 0.29) is 29.2 Å². The van der Waals surface area contributed by atoms with Crippen molar-refractivity contribution in [1.82, 2.24) is 9.88 Å². The Balaban J connectivity index is 1.48. The minimum atomic E-state index is -0.639. The molecule has 0 N–H and O–H groups in total. The van der Waals surface area contributed by atoms with Gasteiger partial charge in [-0.25, -0.2) is 9.78 Å². The molecule has 0 atom stereocenters. The van der Waals surface area contributed by atoms with Crippen LogP contribution in [0.25, 0.3) is 0 Å². The maximum Gasteiger partial charge on any atom is 0.338 e. The molecule has 2 heterocycles. The number of carbonyl (C=O) groups excluding carboxylic acids is 4. The first kappa shape index (κ1) is 22.3. The van der Waals surface area contributed by atoms with Gasteiger partial charge in [0.05, 0.1) is 28.1 Å². The van der Waals surface area contributed by atoms with Gasteiger partial charge in [-0.3, -0.25) is 24.2 Å². The molecule has 9 heteroatoms. The summed E-state index contributed by atoms with van der Waals surface area (Å²) < 4.78 is 5.35. The number of aryl methyl sites for hydroxylation is 2. The number of anilines is 2. The number of rotatable bonds is 5. The van der Waals surface area contributed by atoms with E-state index in [1.54, 1.807) is 5.38 Å². The van der Waals surface area contributed by atoms with E-state index >= 15 is 0 Å². The molecule has 1 aliphatic rings. The smallest absolute Gasteiger partial charge is 0.338 e. The molecule has 0 radical (unpaired) electrons. The van der Waals surface area contributed by atoms with E-state index in [1.165, 1.54) is 48.4 Å². The van der Waals surface area contributed by atoms with Crippen LogP contribution in [-0.2, 0) is 16.1 Å². The number of hydrogen-bond acceptors (Lipinski definition) is 7. The van der Waals surface area contributed by atoms with E-state index in [4.69, 9.17) is 4.74 Å². The van der Waals surface area contributed by atoms with Gasteiger partial charge in [0.2, 0.25) is 5.91 Å². The lowest BCUT2D eigenvalue weighted by Gasteiger charge is -2.19. The summed E-state index contributed by atoms with van der Waals surface area (Å²) in [6.07, 6.45) is 0. The number of amides is 3. The maximum absolute atomic E-state index is 12.5. The van der Waals surface area contributed by atoms with Gasteiger partial charge in [0.15, 0.2) is 5.13 Å². The highest BCUT2D eigenvalue weighted by atomic mass is 32.1. The number of esters is 1. The standard InChI is InChI=1S/C24H21N3O5S/c1-13-5-7-18(9-14(13)2)27(15(3)28)24-25-17(12-33-24)11-32-23(31)16-6-8-19-20(10-16)22(30)26(4)21(19)29/h5-10,12H,11H2,1-4H3. The Morgan fingerprint density at radius 3 is 2.45 bits per heavy atom. The number of thiazole rings is 1. The van der Waals surface area contributed by atoms with E-state index in [2.05, 4.69) is 4.98 Å². The van der Waals surface area contributed by atoms with Crippen molar-refractivity contribution in [1.29, 1.82) is 0 Å². The fraction of sp³-hybridized carbons (Fsp3) is 0.208. The second kappa shape index (κ2) is 8.59. The van der Waals surface area contributed by atoms with Crippen molar-refractivity contribution in [3.63, 3.8) is 0 Å². The molecule has 0 aliphatic carbocycles. The fourth-order valence-electron chi connectivity index (χ4n) is 3.47. The number of aromatic nitrogens is 1. The van der Waals surface area contributed by atoms with Crippen molar-refractivity contribution >= 4 is 45.8 Å². The molecule has 3 amide bonds. The molecule has 33 heavy (non-hydrogen) atoms. The van der Waals surface area contributed by atoms with Crippen LogP contribution >= 0.6 is 11.3 Å². The maximum atomic E-state index is 12.5. The number of nitrogens with zero attached hydrogens (tertiary/aromatic N) is 3. The van der Waals surface area contributed by atoms with Crippen LogP contribution < -0.4 is 4.90 Å². The SMILES string of the molecule is CC(=O)N(c1ccc(C)c(C)c1)c1nc(COC(=O)c2ccc3c(c2)C(=O)N(C)C3=O)cs1. The lowest BCUT2D eigenvalue weighted by Crippen LogP contribution is -2.24. The number of fused-ring (bicyclic) bond motifs is 1. The molecule has 168 valence electrons. The number of imide groups is 1. The first-order valence-electron chi connectivity index (χ1n) is 10.1. The molecule has 4 rings (SSSR count). The lowest BCUT2D eigenvalue weighted by atomic mass is 10.1. The van der Waals surface area contributed by atoms with Crippen LogP contribution in [0.3, 0.4) is 0 Å². The lowest BCUT2D eigenvalue weighted by molar-refractivity contribution is -0.115. The van der Waals surface area contributed by atoms with Gasteiger partial charge in [0.25, 0.3) is 11.8 Å². The number of hydrogen-bond donors (Lipinski definition) is 0. The van der Waals surface area contributed by atoms with Crippen LogP contribution in [0.15, 0.2) is 41.8 Å². The van der Waals surface area contributed by atoms with Crippen LogP contribution in [0.5, 0.6) is 0 Å². The summed E-state index contributed by atoms with van der Waals surface area (Å²) in [7, 11) is 1.39. The minimum Gasteiger partial charge on any atom is -0.456 e. The van der Waals surface area contributed by atoms with Gasteiger partial charge in [-0.1, -0.05) is 6.07 Å². The van der Waals surface area contributed by atoms with Crippen molar-refractivity contribution in [3.05, 3.63) is 75.3 Å². The third kappa shape index (κ3) is 4.14. The zero-order valence-corrected chi connectivity index (χ0v) is 19.4. The molecule has 0 unspecified atom stereocenters. The monoisotopic (exact) mass is 463 g/mol. The van der Waals surface area contributed by atoms with Crippen molar-refractivity contribution in [3.8, 4) is 0 Å². The van der Waals surface area contributed by atoms with Crippen LogP contribution in [0.4, 0.5) is 10.8 Å². The van der Waals surface area contributed by atoms with Crippen molar-refractivity contribution in [2.75, 3.05) is 11.9 Å². The third-order valence-corrected chi connectivity index (χ3v) is 6.35. The van der Waals surface area contributed by atoms with E-state index in [9.17, 15) is 19.2 Å². The topological polar surface area (TPSA) is 96.9 Å². The second-order valence-corrected chi connectivity index (χ2v) is 8.59. The van der Waals surface area contributed by atoms with Gasteiger partial charge in [-0.05, 0) is 55.3 Å². The summed E-state index contributed by atoms with van der Waals surface area (Å²) >= 11 is 1.27. The van der Waals surface area contributed by atoms with Crippen LogP contribution in [0.1, 0.15) is 54.8 Å². The molecule has 2 aromatic carbocycles. The van der Waals surface area contributed by atoms with Gasteiger partial charge in [-0.2, -0.15) is 0 Å². The van der Waals surface area contributed by atoms with Crippen molar-refractivity contribution in [2.45, 2.75) is 27.4 Å². The average Bonchev–Trinajstić information content (AvgIpc) is 3.33. The Labute approximate surface area is 194 Å². The van der Waals surface area contributed by atoms with Gasteiger partial charge in [0.1, 0.15) is 6.61 Å². The molecule has 1 aliphatic heterocycles. The second-order valence-electron chi connectivity index (χ2n) is 7.75. The molecule has 8 nitrogen and oxygen atoms in total. The van der Waals surface area contributed by atoms with E-state index in [0.717, 1.165) is 16.0 Å². The fourth-order valence-corrected chi connectivity index (χ4v) is 4.34. The van der Waals surface area contributed by atoms with Crippen LogP contribution in [-0.4, -0.2) is 40.6 Å². The summed E-state index contributed by atoms with van der Waals surface area (Å²) in [5.41, 5.74) is 4.00. The zero-order valence-electron chi connectivity index (χ0n) is 18.5. The zero-order chi connectivity index (χ0) is 23.9. The summed E-state index contributed by atoms with van der Waals surface area (Å²) in [6.45, 7) is 5.34. The van der Waals surface area contributed by atoms with E-state index < -0.39 is 17.8 Å². The molecule has 1 aromatic heterocycles. The normalized spacial score (nSPS) is 12.7. The molecule has 0 fully saturated rings. The Morgan fingerprint density at radius 1 is 1.03 bits per heavy atom. The molecular formula is C24H21N3O5S. The Kier molecular flexibility index (Phi) is 5.82. The van der Waals surface area contributed by atoms with Crippen LogP contribution in [0, 0.1) is 13.8 Å². The Bertz CT molecular complexity index is 1310. The van der Waals surface area contributed by atoms with Gasteiger partial charge in [-0.15, -0.1) is 11.3 Å². The highest BCUT2D eigenvalue weighted by Crippen LogP contribution is 2.30. The van der Waals surface area contributed by atoms with Gasteiger partial charge >= 0.3 is 5.97 Å². The number of benzene rings is 2. The van der Waals surface area contributed by atoms with Crippen LogP contribution in [0.2, 0.25) is 0 Å². The Hall–Kier alpha value is -3.85. The molecule has 0 saturated heterocycles. The predicted molar refractivity (Wildman–Crippen MR) is 123 cm³/mol. The van der Waals surface area contributed by atoms with Crippen molar-refractivity contribution in [2.24, 2.45) is 0 Å². The first-order chi connectivity index (χ1) is 15.7. The van der Waals surface area contributed by atoms with E-state index in [1.807, 2.05) is 32.0 Å². The highest BCUT2D eigenvalue weighted by Gasteiger charge is 2.33.